The van der Waals surface area contributed by atoms with Gasteiger partial charge in [0.05, 0.1) is 11.1 Å². The van der Waals surface area contributed by atoms with Crippen molar-refractivity contribution in [3.05, 3.63) is 270 Å². The van der Waals surface area contributed by atoms with Crippen molar-refractivity contribution in [1.29, 1.82) is 0 Å². The number of hydrogen-bond acceptors (Lipinski definition) is 1. The van der Waals surface area contributed by atoms with E-state index in [0.29, 0.717) is 0 Å². The highest BCUT2D eigenvalue weighted by Gasteiger charge is 2.53. The number of hydrogen-bond donors (Lipinski definition) is 0. The van der Waals surface area contributed by atoms with Crippen LogP contribution in [0.5, 0.6) is 0 Å². The largest absolute Gasteiger partial charge is 0.310 e. The first-order valence-corrected chi connectivity index (χ1v) is 22.3. The molecule has 0 fully saturated rings. The SMILES string of the molecule is Cc1ccccc1-c1ccc(-c2ccc3c(c2)-c2cccc4c2C3(c2ccccc2N(c2ccc(-c3ccccc3)cc2)c2ccc(-c3ccccc3)cc2)c2ccccc2-4)cc1C. The number of nitrogens with zero attached hydrogens (tertiary/aromatic N) is 1. The third-order valence-electron chi connectivity index (χ3n) is 13.8. The van der Waals surface area contributed by atoms with Gasteiger partial charge in [-0.25, -0.2) is 0 Å². The van der Waals surface area contributed by atoms with Crippen LogP contribution in [0.2, 0.25) is 0 Å². The second kappa shape index (κ2) is 15.1. The molecule has 1 heteroatoms. The number of para-hydroxylation sites is 1. The van der Waals surface area contributed by atoms with E-state index in [0.717, 1.165) is 17.1 Å². The smallest absolute Gasteiger partial charge is 0.0745 e. The molecule has 2 aliphatic rings. The zero-order valence-electron chi connectivity index (χ0n) is 36.0. The maximum Gasteiger partial charge on any atom is 0.0745 e. The molecule has 302 valence electrons. The first-order chi connectivity index (χ1) is 31.6. The van der Waals surface area contributed by atoms with E-state index in [9.17, 15) is 0 Å². The Morgan fingerprint density at radius 3 is 1.38 bits per heavy atom. The van der Waals surface area contributed by atoms with Crippen LogP contribution in [0.25, 0.3) is 66.8 Å². The first kappa shape index (κ1) is 37.7. The average molecular weight is 816 g/mol. The summed E-state index contributed by atoms with van der Waals surface area (Å²) < 4.78 is 0. The minimum absolute atomic E-state index is 0.552. The molecule has 0 aliphatic heterocycles. The number of rotatable bonds is 8. The fraction of sp³-hybridized carbons (Fsp3) is 0.0476. The molecule has 0 spiro atoms. The van der Waals surface area contributed by atoms with E-state index < -0.39 is 5.41 Å². The van der Waals surface area contributed by atoms with E-state index in [2.05, 4.69) is 255 Å². The highest BCUT2D eigenvalue weighted by molar-refractivity contribution is 6.01. The Hall–Kier alpha value is -8.00. The average Bonchev–Trinajstić information content (AvgIpc) is 3.83. The molecule has 0 heterocycles. The molecular weight excluding hydrogens is 771 g/mol. The fourth-order valence-electron chi connectivity index (χ4n) is 10.9. The van der Waals surface area contributed by atoms with Crippen LogP contribution < -0.4 is 4.90 Å². The zero-order chi connectivity index (χ0) is 42.8. The molecule has 0 N–H and O–H groups in total. The van der Waals surface area contributed by atoms with Crippen LogP contribution in [-0.4, -0.2) is 0 Å². The Morgan fingerprint density at radius 2 is 0.734 bits per heavy atom. The van der Waals surface area contributed by atoms with Gasteiger partial charge >= 0.3 is 0 Å². The third-order valence-corrected chi connectivity index (χ3v) is 13.8. The van der Waals surface area contributed by atoms with Crippen molar-refractivity contribution < 1.29 is 0 Å². The zero-order valence-corrected chi connectivity index (χ0v) is 36.0. The molecule has 64 heavy (non-hydrogen) atoms. The summed E-state index contributed by atoms with van der Waals surface area (Å²) in [4.78, 5) is 2.47. The number of fused-ring (bicyclic) bond motifs is 6. The summed E-state index contributed by atoms with van der Waals surface area (Å²) in [5.41, 5.74) is 25.7. The maximum atomic E-state index is 2.47. The Bertz CT molecular complexity index is 3300. The standard InChI is InChI=1S/C63H45N/c1-42-16-9-10-21-52(42)53-38-32-48(40-43(53)2)49-33-39-59-57(41-49)56-24-15-23-55-54-22-11-12-25-58(54)63(59,62(55)56)60-26-13-14-27-61(60)64(50-34-28-46(29-35-50)44-17-5-3-6-18-44)51-36-30-47(31-37-51)45-19-7-4-8-20-45/h3-41H,1-2H3. The van der Waals surface area contributed by atoms with E-state index in [4.69, 9.17) is 0 Å². The molecule has 2 aliphatic carbocycles. The highest BCUT2D eigenvalue weighted by Crippen LogP contribution is 2.66. The summed E-state index contributed by atoms with van der Waals surface area (Å²) in [6.07, 6.45) is 0. The van der Waals surface area contributed by atoms with Crippen LogP contribution in [0.3, 0.4) is 0 Å². The highest BCUT2D eigenvalue weighted by atomic mass is 15.1. The maximum absolute atomic E-state index is 2.47. The summed E-state index contributed by atoms with van der Waals surface area (Å²) in [5.74, 6) is 0. The van der Waals surface area contributed by atoms with E-state index in [1.807, 2.05) is 0 Å². The van der Waals surface area contributed by atoms with Gasteiger partial charge in [-0.3, -0.25) is 0 Å². The predicted molar refractivity (Wildman–Crippen MR) is 269 cm³/mol. The van der Waals surface area contributed by atoms with Crippen LogP contribution in [-0.2, 0) is 5.41 Å². The lowest BCUT2D eigenvalue weighted by Gasteiger charge is -2.36. The quantitative estimate of drug-likeness (QED) is 0.148. The molecule has 1 nitrogen and oxygen atoms in total. The lowest BCUT2D eigenvalue weighted by Crippen LogP contribution is -2.28. The molecule has 12 rings (SSSR count). The van der Waals surface area contributed by atoms with Crippen LogP contribution in [0.15, 0.2) is 237 Å². The monoisotopic (exact) mass is 815 g/mol. The van der Waals surface area contributed by atoms with Gasteiger partial charge in [0.1, 0.15) is 0 Å². The summed E-state index contributed by atoms with van der Waals surface area (Å²) in [5, 5.41) is 0. The van der Waals surface area contributed by atoms with Gasteiger partial charge in [0.15, 0.2) is 0 Å². The fourth-order valence-corrected chi connectivity index (χ4v) is 10.9. The van der Waals surface area contributed by atoms with Gasteiger partial charge in [-0.1, -0.05) is 200 Å². The van der Waals surface area contributed by atoms with Crippen molar-refractivity contribution in [2.45, 2.75) is 19.3 Å². The Labute approximate surface area is 376 Å². The molecule has 1 unspecified atom stereocenters. The lowest BCUT2D eigenvalue weighted by atomic mass is 9.69. The summed E-state index contributed by atoms with van der Waals surface area (Å²) in [6, 6.07) is 87.6. The normalized spacial score (nSPS) is 14.2. The predicted octanol–water partition coefficient (Wildman–Crippen LogP) is 16.8. The second-order valence-electron chi connectivity index (χ2n) is 17.3. The van der Waals surface area contributed by atoms with E-state index >= 15 is 0 Å². The lowest BCUT2D eigenvalue weighted by molar-refractivity contribution is 0.791. The molecule has 1 atom stereocenters. The van der Waals surface area contributed by atoms with Gasteiger partial charge in [0.25, 0.3) is 0 Å². The number of anilines is 3. The van der Waals surface area contributed by atoms with Gasteiger partial charge in [0.2, 0.25) is 0 Å². The van der Waals surface area contributed by atoms with Gasteiger partial charge in [-0.2, -0.15) is 0 Å². The van der Waals surface area contributed by atoms with Crippen molar-refractivity contribution in [3.8, 4) is 66.8 Å². The minimum atomic E-state index is -0.552. The van der Waals surface area contributed by atoms with Gasteiger partial charge in [0, 0.05) is 11.4 Å². The molecule has 0 amide bonds. The van der Waals surface area contributed by atoms with Crippen molar-refractivity contribution >= 4 is 17.1 Å². The van der Waals surface area contributed by atoms with E-state index in [-0.39, 0.29) is 0 Å². The van der Waals surface area contributed by atoms with Crippen molar-refractivity contribution in [2.75, 3.05) is 4.90 Å². The number of aryl methyl sites for hydroxylation is 2. The second-order valence-corrected chi connectivity index (χ2v) is 17.3. The summed E-state index contributed by atoms with van der Waals surface area (Å²) >= 11 is 0. The summed E-state index contributed by atoms with van der Waals surface area (Å²) in [6.45, 7) is 4.44. The third kappa shape index (κ3) is 5.85. The van der Waals surface area contributed by atoms with Crippen molar-refractivity contribution in [3.63, 3.8) is 0 Å². The van der Waals surface area contributed by atoms with Crippen molar-refractivity contribution in [1.82, 2.24) is 0 Å². The Kier molecular flexibility index (Phi) is 8.91. The van der Waals surface area contributed by atoms with Crippen LogP contribution in [0.4, 0.5) is 17.1 Å². The molecule has 0 saturated heterocycles. The summed E-state index contributed by atoms with van der Waals surface area (Å²) in [7, 11) is 0. The minimum Gasteiger partial charge on any atom is -0.310 e. The molecule has 0 saturated carbocycles. The van der Waals surface area contributed by atoms with Gasteiger partial charge in [-0.15, -0.1) is 0 Å². The van der Waals surface area contributed by atoms with E-state index in [1.54, 1.807) is 0 Å². The van der Waals surface area contributed by atoms with Gasteiger partial charge < -0.3 is 4.90 Å². The Morgan fingerprint density at radius 1 is 0.281 bits per heavy atom. The molecule has 10 aromatic rings. The van der Waals surface area contributed by atoms with Gasteiger partial charge in [-0.05, 0) is 150 Å². The molecule has 0 bridgehead atoms. The Balaban J connectivity index is 1.06. The first-order valence-electron chi connectivity index (χ1n) is 22.3. The molecule has 0 radical (unpaired) electrons. The molecule has 0 aromatic heterocycles. The molecular formula is C63H45N. The van der Waals surface area contributed by atoms with Crippen molar-refractivity contribution in [2.24, 2.45) is 0 Å². The van der Waals surface area contributed by atoms with Crippen LogP contribution in [0, 0.1) is 13.8 Å². The van der Waals surface area contributed by atoms with Crippen LogP contribution in [0.1, 0.15) is 33.4 Å². The van der Waals surface area contributed by atoms with E-state index in [1.165, 1.54) is 100 Å². The molecule has 10 aromatic carbocycles. The van der Waals surface area contributed by atoms with Crippen LogP contribution >= 0.6 is 0 Å². The number of benzene rings is 10. The topological polar surface area (TPSA) is 3.24 Å².